The average molecular weight is 287 g/mol. The van der Waals surface area contributed by atoms with E-state index in [0.717, 1.165) is 6.07 Å². The van der Waals surface area contributed by atoms with E-state index in [1.165, 1.54) is 18.2 Å². The van der Waals surface area contributed by atoms with Gasteiger partial charge in [-0.25, -0.2) is 0 Å². The molecule has 1 aliphatic rings. The molecule has 108 valence electrons. The highest BCUT2D eigenvalue weighted by atomic mass is 19.4. The minimum atomic E-state index is -4.46. The van der Waals surface area contributed by atoms with Crippen LogP contribution in [0.15, 0.2) is 24.3 Å². The Kier molecular flexibility index (Phi) is 3.69. The highest BCUT2D eigenvalue weighted by Gasteiger charge is 2.47. The van der Waals surface area contributed by atoms with E-state index in [9.17, 15) is 22.8 Å². The molecule has 0 bridgehead atoms. The lowest BCUT2D eigenvalue weighted by Crippen LogP contribution is -2.30. The second-order valence-electron chi connectivity index (χ2n) is 4.65. The van der Waals surface area contributed by atoms with Crippen molar-refractivity contribution >= 4 is 11.9 Å². The molecule has 0 saturated heterocycles. The Balaban J connectivity index is 2.09. The number of hydrogen-bond acceptors (Lipinski definition) is 2. The van der Waals surface area contributed by atoms with Crippen molar-refractivity contribution in [1.82, 2.24) is 5.32 Å². The van der Waals surface area contributed by atoms with Gasteiger partial charge >= 0.3 is 12.1 Å². The summed E-state index contributed by atoms with van der Waals surface area (Å²) in [7, 11) is 0. The van der Waals surface area contributed by atoms with Crippen LogP contribution in [0.4, 0.5) is 13.2 Å². The second-order valence-corrected chi connectivity index (χ2v) is 4.65. The zero-order chi connectivity index (χ0) is 14.9. The molecule has 2 atom stereocenters. The molecule has 2 N–H and O–H groups in total. The summed E-state index contributed by atoms with van der Waals surface area (Å²) in [5, 5.41) is 10.6. The predicted molar refractivity (Wildman–Crippen MR) is 62.9 cm³/mol. The molecule has 0 heterocycles. The van der Waals surface area contributed by atoms with Crippen LogP contribution in [0, 0.1) is 5.92 Å². The Labute approximate surface area is 112 Å². The zero-order valence-corrected chi connectivity index (χ0v) is 10.3. The van der Waals surface area contributed by atoms with E-state index >= 15 is 0 Å². The van der Waals surface area contributed by atoms with Gasteiger partial charge in [0.1, 0.15) is 6.54 Å². The molecule has 1 aromatic carbocycles. The molecule has 1 saturated carbocycles. The Hall–Kier alpha value is -2.05. The van der Waals surface area contributed by atoms with Gasteiger partial charge in [0.05, 0.1) is 5.56 Å². The van der Waals surface area contributed by atoms with Crippen molar-refractivity contribution in [2.45, 2.75) is 18.5 Å². The first-order valence-electron chi connectivity index (χ1n) is 5.96. The quantitative estimate of drug-likeness (QED) is 0.890. The van der Waals surface area contributed by atoms with E-state index in [0.29, 0.717) is 6.42 Å². The van der Waals surface area contributed by atoms with Crippen LogP contribution in [0.5, 0.6) is 0 Å². The maximum atomic E-state index is 12.8. The lowest BCUT2D eigenvalue weighted by molar-refractivity contribution is -0.138. The monoisotopic (exact) mass is 287 g/mol. The third-order valence-corrected chi connectivity index (χ3v) is 3.21. The standard InChI is InChI=1S/C13H12F3NO3/c14-13(15,16)10-4-2-1-3-7(10)8-5-9(8)12(20)17-6-11(18)19/h1-4,8-9H,5-6H2,(H,17,20)(H,18,19). The van der Waals surface area contributed by atoms with Gasteiger partial charge < -0.3 is 10.4 Å². The number of hydrogen-bond donors (Lipinski definition) is 2. The number of nitrogens with one attached hydrogen (secondary N) is 1. The molecule has 1 aliphatic carbocycles. The molecule has 1 amide bonds. The normalized spacial score (nSPS) is 21.4. The molecule has 0 radical (unpaired) electrons. The molecule has 1 aromatic rings. The fourth-order valence-corrected chi connectivity index (χ4v) is 2.20. The van der Waals surface area contributed by atoms with Crippen molar-refractivity contribution in [3.8, 4) is 0 Å². The fourth-order valence-electron chi connectivity index (χ4n) is 2.20. The molecule has 1 fully saturated rings. The first kappa shape index (κ1) is 14.4. The van der Waals surface area contributed by atoms with Crippen molar-refractivity contribution in [2.24, 2.45) is 5.92 Å². The van der Waals surface area contributed by atoms with Crippen LogP contribution in [0.25, 0.3) is 0 Å². The Morgan fingerprint density at radius 3 is 2.55 bits per heavy atom. The first-order valence-corrected chi connectivity index (χ1v) is 5.96. The van der Waals surface area contributed by atoms with Gasteiger partial charge in [-0.15, -0.1) is 0 Å². The van der Waals surface area contributed by atoms with Crippen molar-refractivity contribution in [1.29, 1.82) is 0 Å². The molecule has 2 unspecified atom stereocenters. The molecule has 2 rings (SSSR count). The Morgan fingerprint density at radius 2 is 1.95 bits per heavy atom. The third-order valence-electron chi connectivity index (χ3n) is 3.21. The largest absolute Gasteiger partial charge is 0.480 e. The van der Waals surface area contributed by atoms with Gasteiger partial charge in [-0.2, -0.15) is 13.2 Å². The average Bonchev–Trinajstić information content (AvgIpc) is 3.15. The Morgan fingerprint density at radius 1 is 1.30 bits per heavy atom. The number of aliphatic carboxylic acids is 1. The number of alkyl halides is 3. The van der Waals surface area contributed by atoms with Crippen LogP contribution in [0.1, 0.15) is 23.5 Å². The van der Waals surface area contributed by atoms with Crippen molar-refractivity contribution in [3.63, 3.8) is 0 Å². The summed E-state index contributed by atoms with van der Waals surface area (Å²) < 4.78 is 38.5. The van der Waals surface area contributed by atoms with Crippen LogP contribution in [0.3, 0.4) is 0 Å². The molecular weight excluding hydrogens is 275 g/mol. The van der Waals surface area contributed by atoms with E-state index in [1.54, 1.807) is 0 Å². The number of amides is 1. The van der Waals surface area contributed by atoms with Gasteiger partial charge in [0.2, 0.25) is 5.91 Å². The predicted octanol–water partition coefficient (Wildman–Crippen LogP) is 2.01. The van der Waals surface area contributed by atoms with Crippen molar-refractivity contribution in [2.75, 3.05) is 6.54 Å². The molecule has 20 heavy (non-hydrogen) atoms. The number of benzene rings is 1. The van der Waals surface area contributed by atoms with Crippen LogP contribution in [-0.2, 0) is 15.8 Å². The molecule has 0 aliphatic heterocycles. The highest BCUT2D eigenvalue weighted by Crippen LogP contribution is 2.50. The summed E-state index contributed by atoms with van der Waals surface area (Å²) in [6.45, 7) is -0.525. The number of carboxylic acid groups (broad SMARTS) is 1. The van der Waals surface area contributed by atoms with Crippen LogP contribution >= 0.6 is 0 Å². The summed E-state index contributed by atoms with van der Waals surface area (Å²) in [6, 6.07) is 5.14. The molecular formula is C13H12F3NO3. The molecule has 7 heteroatoms. The minimum Gasteiger partial charge on any atom is -0.480 e. The summed E-state index contributed by atoms with van der Waals surface area (Å²) in [5.74, 6) is -2.79. The van der Waals surface area contributed by atoms with Gasteiger partial charge in [0.25, 0.3) is 0 Å². The van der Waals surface area contributed by atoms with Gasteiger partial charge in [-0.05, 0) is 24.0 Å². The van der Waals surface area contributed by atoms with Gasteiger partial charge in [0.15, 0.2) is 0 Å². The van der Waals surface area contributed by atoms with E-state index < -0.39 is 42.0 Å². The van der Waals surface area contributed by atoms with Gasteiger partial charge in [-0.3, -0.25) is 9.59 Å². The van der Waals surface area contributed by atoms with Gasteiger partial charge in [0, 0.05) is 5.92 Å². The minimum absolute atomic E-state index is 0.0930. The molecule has 4 nitrogen and oxygen atoms in total. The summed E-state index contributed by atoms with van der Waals surface area (Å²) >= 11 is 0. The van der Waals surface area contributed by atoms with Crippen LogP contribution < -0.4 is 5.32 Å². The second kappa shape index (κ2) is 5.15. The summed E-state index contributed by atoms with van der Waals surface area (Å²) in [5.41, 5.74) is -0.644. The zero-order valence-electron chi connectivity index (χ0n) is 10.3. The molecule has 0 aromatic heterocycles. The lowest BCUT2D eigenvalue weighted by atomic mass is 10.0. The fraction of sp³-hybridized carbons (Fsp3) is 0.385. The van der Waals surface area contributed by atoms with E-state index in [4.69, 9.17) is 5.11 Å². The van der Waals surface area contributed by atoms with E-state index in [-0.39, 0.29) is 5.56 Å². The van der Waals surface area contributed by atoms with E-state index in [2.05, 4.69) is 5.32 Å². The van der Waals surface area contributed by atoms with Crippen molar-refractivity contribution < 1.29 is 27.9 Å². The smallest absolute Gasteiger partial charge is 0.416 e. The molecule has 0 spiro atoms. The van der Waals surface area contributed by atoms with Gasteiger partial charge in [-0.1, -0.05) is 18.2 Å². The topological polar surface area (TPSA) is 66.4 Å². The number of halogens is 3. The maximum Gasteiger partial charge on any atom is 0.416 e. The highest BCUT2D eigenvalue weighted by molar-refractivity contribution is 5.86. The van der Waals surface area contributed by atoms with Crippen molar-refractivity contribution in [3.05, 3.63) is 35.4 Å². The first-order chi connectivity index (χ1) is 9.30. The number of carbonyl (C=O) groups is 2. The number of rotatable bonds is 4. The lowest BCUT2D eigenvalue weighted by Gasteiger charge is -2.12. The van der Waals surface area contributed by atoms with Crippen LogP contribution in [-0.4, -0.2) is 23.5 Å². The number of carboxylic acids is 1. The van der Waals surface area contributed by atoms with E-state index in [1.807, 2.05) is 0 Å². The third kappa shape index (κ3) is 3.09. The Bertz CT molecular complexity index is 542. The number of carbonyl (C=O) groups excluding carboxylic acids is 1. The SMILES string of the molecule is O=C(O)CNC(=O)C1CC1c1ccccc1C(F)(F)F. The van der Waals surface area contributed by atoms with Crippen LogP contribution in [0.2, 0.25) is 0 Å². The summed E-state index contributed by atoms with van der Waals surface area (Å²) in [4.78, 5) is 21.9. The maximum absolute atomic E-state index is 12.8. The summed E-state index contributed by atoms with van der Waals surface area (Å²) in [6.07, 6.45) is -4.15.